The molecule has 0 unspecified atom stereocenters. The molecule has 30 heavy (non-hydrogen) atoms. The lowest BCUT2D eigenvalue weighted by Crippen LogP contribution is -2.22. The molecule has 5 rings (SSSR count). The number of fused-ring (bicyclic) bond motifs is 4. The first-order valence-corrected chi connectivity index (χ1v) is 11.5. The van der Waals surface area contributed by atoms with Crippen molar-refractivity contribution in [1.29, 1.82) is 0 Å². The highest BCUT2D eigenvalue weighted by Gasteiger charge is 2.23. The predicted molar refractivity (Wildman–Crippen MR) is 124 cm³/mol. The number of aryl methyl sites for hydroxylation is 1. The molecular weight excluding hydrogens is 417 g/mol. The highest BCUT2D eigenvalue weighted by atomic mass is 35.5. The normalized spacial score (nSPS) is 16.1. The van der Waals surface area contributed by atoms with Gasteiger partial charge in [-0.25, -0.2) is 0 Å². The maximum atomic E-state index is 13.1. The third kappa shape index (κ3) is 3.51. The maximum Gasteiger partial charge on any atom is 0.244 e. The van der Waals surface area contributed by atoms with Crippen LogP contribution < -0.4 is 10.6 Å². The van der Waals surface area contributed by atoms with Crippen molar-refractivity contribution in [3.63, 3.8) is 0 Å². The minimum atomic E-state index is -0.00282. The van der Waals surface area contributed by atoms with Crippen molar-refractivity contribution in [3.05, 3.63) is 62.8 Å². The number of hydrogen-bond acceptors (Lipinski definition) is 2. The summed E-state index contributed by atoms with van der Waals surface area (Å²) in [5.74, 6) is -0.00282. The number of nitrogens with zero attached hydrogens (tertiary/aromatic N) is 1. The number of hydrogen-bond donors (Lipinski definition) is 2. The summed E-state index contributed by atoms with van der Waals surface area (Å²) in [6.07, 6.45) is 6.29. The molecule has 3 aromatic rings. The number of carbonyl (C=O) groups is 1. The number of halogens is 2. The fourth-order valence-corrected chi connectivity index (χ4v) is 5.45. The van der Waals surface area contributed by atoms with E-state index in [0.717, 1.165) is 55.4 Å². The zero-order valence-corrected chi connectivity index (χ0v) is 18.4. The van der Waals surface area contributed by atoms with Crippen molar-refractivity contribution in [3.8, 4) is 0 Å². The number of carbonyl (C=O) groups excluding carboxylic acids is 1. The van der Waals surface area contributed by atoms with Crippen molar-refractivity contribution in [2.75, 3.05) is 18.4 Å². The van der Waals surface area contributed by atoms with E-state index in [2.05, 4.69) is 21.3 Å². The highest BCUT2D eigenvalue weighted by molar-refractivity contribution is 6.45. The number of rotatable bonds is 3. The fraction of sp³-hybridized carbons (Fsp3) is 0.375. The Balaban J connectivity index is 1.51. The summed E-state index contributed by atoms with van der Waals surface area (Å²) in [6, 6.07) is 10.1. The van der Waals surface area contributed by atoms with Gasteiger partial charge >= 0.3 is 0 Å². The Labute approximate surface area is 186 Å². The number of amides is 1. The molecule has 156 valence electrons. The smallest absolute Gasteiger partial charge is 0.244 e. The summed E-state index contributed by atoms with van der Waals surface area (Å²) in [5, 5.41) is 8.77. The standard InChI is InChI=1S/C24H25Cl2N3O/c25-18-8-9-21-23(24(18)26)17-10-12-27-13-11-20(17)29(21)14-22(30)28-19-7-3-5-15-4-1-2-6-16(15)19/h3,5,7-9,27H,1-2,4,6,10-14H2,(H,28,30). The van der Waals surface area contributed by atoms with Gasteiger partial charge in [0.15, 0.2) is 0 Å². The number of benzene rings is 2. The predicted octanol–water partition coefficient (Wildman–Crippen LogP) is 5.15. The molecule has 6 heteroatoms. The van der Waals surface area contributed by atoms with Gasteiger partial charge in [-0.05, 0) is 73.5 Å². The number of anilines is 1. The van der Waals surface area contributed by atoms with Crippen LogP contribution in [0.4, 0.5) is 5.69 Å². The summed E-state index contributed by atoms with van der Waals surface area (Å²) >= 11 is 12.9. The largest absolute Gasteiger partial charge is 0.335 e. The van der Waals surface area contributed by atoms with Gasteiger partial charge in [-0.2, -0.15) is 0 Å². The summed E-state index contributed by atoms with van der Waals surface area (Å²) < 4.78 is 2.13. The van der Waals surface area contributed by atoms with Crippen LogP contribution in [0.1, 0.15) is 35.2 Å². The second-order valence-corrected chi connectivity index (χ2v) is 9.00. The third-order valence-corrected chi connectivity index (χ3v) is 7.21. The minimum Gasteiger partial charge on any atom is -0.335 e. The van der Waals surface area contributed by atoms with Crippen LogP contribution >= 0.6 is 23.2 Å². The van der Waals surface area contributed by atoms with Gasteiger partial charge in [-0.3, -0.25) is 4.79 Å². The lowest BCUT2D eigenvalue weighted by atomic mass is 9.90. The van der Waals surface area contributed by atoms with Gasteiger partial charge in [0.05, 0.1) is 15.6 Å². The van der Waals surface area contributed by atoms with Gasteiger partial charge in [-0.1, -0.05) is 35.3 Å². The SMILES string of the molecule is O=C(Cn1c2c(c3c(Cl)c(Cl)ccc31)CCNCC2)Nc1cccc2c1CCCC2. The number of nitrogens with one attached hydrogen (secondary N) is 2. The van der Waals surface area contributed by atoms with Crippen LogP contribution in [0.15, 0.2) is 30.3 Å². The Kier molecular flexibility index (Phi) is 5.48. The Hall–Kier alpha value is -2.01. The van der Waals surface area contributed by atoms with Gasteiger partial charge in [0.1, 0.15) is 6.54 Å². The van der Waals surface area contributed by atoms with Crippen molar-refractivity contribution in [1.82, 2.24) is 9.88 Å². The van der Waals surface area contributed by atoms with Gasteiger partial charge in [0.25, 0.3) is 0 Å². The molecule has 1 aliphatic heterocycles. The first-order valence-electron chi connectivity index (χ1n) is 10.7. The molecule has 1 aromatic heterocycles. The van der Waals surface area contributed by atoms with Crippen LogP contribution in [0.5, 0.6) is 0 Å². The lowest BCUT2D eigenvalue weighted by Gasteiger charge is -2.20. The summed E-state index contributed by atoms with van der Waals surface area (Å²) in [4.78, 5) is 13.1. The fourth-order valence-electron chi connectivity index (χ4n) is 5.02. The third-order valence-electron chi connectivity index (χ3n) is 6.40. The molecule has 2 aliphatic rings. The van der Waals surface area contributed by atoms with Crippen LogP contribution in [0.3, 0.4) is 0 Å². The first kappa shape index (κ1) is 19.9. The van der Waals surface area contributed by atoms with E-state index in [0.29, 0.717) is 10.0 Å². The van der Waals surface area contributed by atoms with Gasteiger partial charge in [0.2, 0.25) is 5.91 Å². The summed E-state index contributed by atoms with van der Waals surface area (Å²) in [7, 11) is 0. The minimum absolute atomic E-state index is 0.00282. The topological polar surface area (TPSA) is 46.1 Å². The molecular formula is C24H25Cl2N3O. The van der Waals surface area contributed by atoms with Crippen LogP contribution in [0.25, 0.3) is 10.9 Å². The average molecular weight is 442 g/mol. The molecule has 0 fully saturated rings. The maximum absolute atomic E-state index is 13.1. The van der Waals surface area contributed by atoms with E-state index in [1.54, 1.807) is 0 Å². The lowest BCUT2D eigenvalue weighted by molar-refractivity contribution is -0.116. The number of aromatic nitrogens is 1. The van der Waals surface area contributed by atoms with Crippen molar-refractivity contribution < 1.29 is 4.79 Å². The Bertz CT molecular complexity index is 1140. The molecule has 2 heterocycles. The molecule has 4 nitrogen and oxygen atoms in total. The van der Waals surface area contributed by atoms with E-state index in [9.17, 15) is 4.79 Å². The van der Waals surface area contributed by atoms with Crippen LogP contribution in [0, 0.1) is 0 Å². The van der Waals surface area contributed by atoms with E-state index in [-0.39, 0.29) is 12.5 Å². The second-order valence-electron chi connectivity index (χ2n) is 8.22. The van der Waals surface area contributed by atoms with E-state index in [1.807, 2.05) is 24.3 Å². The average Bonchev–Trinajstić information content (AvgIpc) is 2.89. The Morgan fingerprint density at radius 1 is 1.00 bits per heavy atom. The zero-order valence-electron chi connectivity index (χ0n) is 16.9. The van der Waals surface area contributed by atoms with E-state index >= 15 is 0 Å². The second kappa shape index (κ2) is 8.26. The summed E-state index contributed by atoms with van der Waals surface area (Å²) in [5.41, 5.74) is 7.01. The van der Waals surface area contributed by atoms with E-state index in [4.69, 9.17) is 23.2 Å². The Morgan fingerprint density at radius 3 is 2.73 bits per heavy atom. The molecule has 0 radical (unpaired) electrons. The Morgan fingerprint density at radius 2 is 1.83 bits per heavy atom. The first-order chi connectivity index (χ1) is 14.6. The van der Waals surface area contributed by atoms with Crippen LogP contribution in [-0.4, -0.2) is 23.6 Å². The molecule has 0 atom stereocenters. The van der Waals surface area contributed by atoms with Gasteiger partial charge < -0.3 is 15.2 Å². The van der Waals surface area contributed by atoms with Gasteiger partial charge in [0, 0.05) is 29.7 Å². The summed E-state index contributed by atoms with van der Waals surface area (Å²) in [6.45, 7) is 2.06. The van der Waals surface area contributed by atoms with Crippen molar-refractivity contribution >= 4 is 45.7 Å². The zero-order chi connectivity index (χ0) is 20.7. The van der Waals surface area contributed by atoms with Crippen molar-refractivity contribution in [2.45, 2.75) is 45.1 Å². The van der Waals surface area contributed by atoms with Crippen LogP contribution in [0.2, 0.25) is 10.0 Å². The van der Waals surface area contributed by atoms with Crippen LogP contribution in [-0.2, 0) is 37.0 Å². The highest BCUT2D eigenvalue weighted by Crippen LogP contribution is 2.37. The molecule has 1 aliphatic carbocycles. The monoisotopic (exact) mass is 441 g/mol. The van der Waals surface area contributed by atoms with E-state index in [1.165, 1.54) is 35.2 Å². The molecule has 2 aromatic carbocycles. The van der Waals surface area contributed by atoms with Crippen molar-refractivity contribution in [2.24, 2.45) is 0 Å². The van der Waals surface area contributed by atoms with E-state index < -0.39 is 0 Å². The quantitative estimate of drug-likeness (QED) is 0.589. The molecule has 0 spiro atoms. The molecule has 0 saturated carbocycles. The molecule has 0 saturated heterocycles. The molecule has 2 N–H and O–H groups in total. The van der Waals surface area contributed by atoms with Gasteiger partial charge in [-0.15, -0.1) is 0 Å². The molecule has 0 bridgehead atoms. The molecule has 1 amide bonds.